The highest BCUT2D eigenvalue weighted by molar-refractivity contribution is 7.92. The number of nitrogens with one attached hydrogen (secondary N) is 1. The molecular weight excluding hydrogens is 571 g/mol. The Morgan fingerprint density at radius 3 is 2.45 bits per heavy atom. The predicted octanol–water partition coefficient (Wildman–Crippen LogP) is 6.15. The maximum atomic E-state index is 13.6. The number of anilines is 1. The van der Waals surface area contributed by atoms with Crippen LogP contribution >= 0.6 is 23.2 Å². The number of amides is 1. The number of hydrogen-bond donors (Lipinski definition) is 1. The minimum Gasteiger partial charge on any atom is -0.492 e. The number of sulfonamides is 1. The van der Waals surface area contributed by atoms with Gasteiger partial charge in [0.05, 0.1) is 39.1 Å². The number of ether oxygens (including phenoxy) is 1. The van der Waals surface area contributed by atoms with Crippen LogP contribution in [0.3, 0.4) is 0 Å². The third kappa shape index (κ3) is 6.17. The quantitative estimate of drug-likeness (QED) is 0.175. The molecule has 0 unspecified atom stereocenters. The van der Waals surface area contributed by atoms with Crippen molar-refractivity contribution in [2.45, 2.75) is 25.7 Å². The number of hydrogen-bond acceptors (Lipinski definition) is 5. The van der Waals surface area contributed by atoms with Gasteiger partial charge < -0.3 is 9.30 Å². The molecule has 0 bridgehead atoms. The summed E-state index contributed by atoms with van der Waals surface area (Å²) in [6.45, 7) is 5.42. The zero-order valence-electron chi connectivity index (χ0n) is 22.1. The summed E-state index contributed by atoms with van der Waals surface area (Å²) < 4.78 is 35.9. The number of aromatic nitrogens is 1. The highest BCUT2D eigenvalue weighted by Gasteiger charge is 2.29. The Kier molecular flexibility index (Phi) is 9.19. The van der Waals surface area contributed by atoms with Crippen LogP contribution in [0.25, 0.3) is 5.69 Å². The van der Waals surface area contributed by atoms with Gasteiger partial charge in [0.2, 0.25) is 0 Å². The van der Waals surface area contributed by atoms with E-state index in [1.807, 2.05) is 36.6 Å². The van der Waals surface area contributed by atoms with Crippen LogP contribution in [0.1, 0.15) is 23.9 Å². The first-order valence-electron chi connectivity index (χ1n) is 12.4. The van der Waals surface area contributed by atoms with Crippen molar-refractivity contribution < 1.29 is 17.9 Å². The number of carbonyl (C=O) groups excluding carboxylic acids is 1. The van der Waals surface area contributed by atoms with E-state index in [9.17, 15) is 13.2 Å². The van der Waals surface area contributed by atoms with Crippen molar-refractivity contribution in [1.82, 2.24) is 9.99 Å². The van der Waals surface area contributed by atoms with Crippen molar-refractivity contribution in [3.8, 4) is 11.4 Å². The summed E-state index contributed by atoms with van der Waals surface area (Å²) in [5, 5.41) is 4.97. The molecule has 1 aromatic heterocycles. The highest BCUT2D eigenvalue weighted by atomic mass is 35.5. The third-order valence-electron chi connectivity index (χ3n) is 6.09. The largest absolute Gasteiger partial charge is 0.492 e. The fourth-order valence-electron chi connectivity index (χ4n) is 4.25. The smallest absolute Gasteiger partial charge is 0.264 e. The molecule has 40 heavy (non-hydrogen) atoms. The van der Waals surface area contributed by atoms with Gasteiger partial charge in [0.25, 0.3) is 15.9 Å². The second-order valence-corrected chi connectivity index (χ2v) is 11.4. The van der Waals surface area contributed by atoms with Gasteiger partial charge in [-0.2, -0.15) is 5.10 Å². The van der Waals surface area contributed by atoms with E-state index in [1.54, 1.807) is 55.5 Å². The van der Waals surface area contributed by atoms with Crippen LogP contribution in [0.2, 0.25) is 10.0 Å². The van der Waals surface area contributed by atoms with Crippen molar-refractivity contribution >= 4 is 51.0 Å². The SMILES string of the molecule is CCOc1ccccc1N(CC(=O)N/N=C/c1cc(C)n(-c2cccc(Cl)c2Cl)c1C)S(=O)(=O)c1ccccc1. The summed E-state index contributed by atoms with van der Waals surface area (Å²) in [4.78, 5) is 13.1. The lowest BCUT2D eigenvalue weighted by Gasteiger charge is -2.25. The maximum Gasteiger partial charge on any atom is 0.264 e. The van der Waals surface area contributed by atoms with E-state index in [4.69, 9.17) is 27.9 Å². The summed E-state index contributed by atoms with van der Waals surface area (Å²) in [5.41, 5.74) is 5.88. The fourth-order valence-corrected chi connectivity index (χ4v) is 6.09. The topological polar surface area (TPSA) is 93.0 Å². The molecule has 0 saturated heterocycles. The lowest BCUT2D eigenvalue weighted by Crippen LogP contribution is -2.39. The number of carbonyl (C=O) groups is 1. The van der Waals surface area contributed by atoms with Crippen molar-refractivity contribution in [1.29, 1.82) is 0 Å². The molecule has 1 amide bonds. The minimum absolute atomic E-state index is 0.0460. The van der Waals surface area contributed by atoms with Gasteiger partial charge >= 0.3 is 0 Å². The van der Waals surface area contributed by atoms with Crippen molar-refractivity contribution in [3.05, 3.63) is 106 Å². The monoisotopic (exact) mass is 598 g/mol. The molecule has 0 aliphatic carbocycles. The Bertz CT molecular complexity index is 1650. The summed E-state index contributed by atoms with van der Waals surface area (Å²) in [5.74, 6) is -0.290. The van der Waals surface area contributed by atoms with Gasteiger partial charge in [-0.3, -0.25) is 9.10 Å². The molecule has 4 aromatic rings. The molecule has 3 aromatic carbocycles. The van der Waals surface area contributed by atoms with Crippen LogP contribution in [0, 0.1) is 13.8 Å². The summed E-state index contributed by atoms with van der Waals surface area (Å²) in [6.07, 6.45) is 1.50. The van der Waals surface area contributed by atoms with E-state index in [0.29, 0.717) is 22.4 Å². The summed E-state index contributed by atoms with van der Waals surface area (Å²) in [6, 6.07) is 21.9. The molecule has 0 aliphatic heterocycles. The number of para-hydroxylation sites is 2. The Morgan fingerprint density at radius 2 is 1.73 bits per heavy atom. The van der Waals surface area contributed by atoms with Crippen LogP contribution in [0.5, 0.6) is 5.75 Å². The van der Waals surface area contributed by atoms with Gasteiger partial charge in [-0.1, -0.05) is 59.6 Å². The minimum atomic E-state index is -4.10. The van der Waals surface area contributed by atoms with Gasteiger partial charge in [0, 0.05) is 17.0 Å². The Labute approximate surface area is 243 Å². The first-order valence-corrected chi connectivity index (χ1v) is 14.6. The van der Waals surface area contributed by atoms with Gasteiger partial charge in [-0.15, -0.1) is 0 Å². The summed E-state index contributed by atoms with van der Waals surface area (Å²) >= 11 is 12.6. The number of halogens is 2. The lowest BCUT2D eigenvalue weighted by molar-refractivity contribution is -0.119. The second-order valence-electron chi connectivity index (χ2n) is 8.75. The van der Waals surface area contributed by atoms with Crippen LogP contribution in [0.15, 0.2) is 88.9 Å². The zero-order chi connectivity index (χ0) is 28.9. The van der Waals surface area contributed by atoms with Crippen LogP contribution in [-0.4, -0.2) is 38.3 Å². The maximum absolute atomic E-state index is 13.6. The lowest BCUT2D eigenvalue weighted by atomic mass is 10.2. The number of rotatable bonds is 10. The van der Waals surface area contributed by atoms with Gasteiger partial charge in [-0.05, 0) is 63.2 Å². The molecule has 0 aliphatic rings. The number of hydrazone groups is 1. The standard InChI is InChI=1S/C29H28Cl2N4O4S/c1-4-39-27-16-9-8-14-25(27)34(40(37,38)23-11-6-5-7-12-23)19-28(36)33-32-18-22-17-20(2)35(21(22)3)26-15-10-13-24(30)29(26)31/h5-18H,4,19H2,1-3H3,(H,33,36)/b32-18+. The van der Waals surface area contributed by atoms with Crippen molar-refractivity contribution in [3.63, 3.8) is 0 Å². The Hall–Kier alpha value is -3.79. The predicted molar refractivity (Wildman–Crippen MR) is 160 cm³/mol. The number of nitrogens with zero attached hydrogens (tertiary/aromatic N) is 3. The van der Waals surface area contributed by atoms with Crippen LogP contribution in [0.4, 0.5) is 5.69 Å². The van der Waals surface area contributed by atoms with E-state index in [1.165, 1.54) is 18.3 Å². The molecular formula is C29H28Cl2N4O4S. The van der Waals surface area contributed by atoms with E-state index in [0.717, 1.165) is 26.9 Å². The van der Waals surface area contributed by atoms with E-state index in [-0.39, 0.29) is 10.6 Å². The number of benzene rings is 3. The normalized spacial score (nSPS) is 11.5. The molecule has 0 spiro atoms. The Morgan fingerprint density at radius 1 is 1.02 bits per heavy atom. The highest BCUT2D eigenvalue weighted by Crippen LogP contribution is 2.33. The molecule has 0 saturated carbocycles. The molecule has 1 N–H and O–H groups in total. The second kappa shape index (κ2) is 12.6. The molecule has 8 nitrogen and oxygen atoms in total. The summed E-state index contributed by atoms with van der Waals surface area (Å²) in [7, 11) is -4.10. The Balaban J connectivity index is 1.59. The molecule has 0 radical (unpaired) electrons. The van der Waals surface area contributed by atoms with Gasteiger partial charge in [0.1, 0.15) is 12.3 Å². The van der Waals surface area contributed by atoms with Gasteiger partial charge in [-0.25, -0.2) is 13.8 Å². The molecule has 0 atom stereocenters. The van der Waals surface area contributed by atoms with Crippen LogP contribution < -0.4 is 14.5 Å². The van der Waals surface area contributed by atoms with E-state index < -0.39 is 22.5 Å². The zero-order valence-corrected chi connectivity index (χ0v) is 24.5. The third-order valence-corrected chi connectivity index (χ3v) is 8.67. The molecule has 208 valence electrons. The van der Waals surface area contributed by atoms with Gasteiger partial charge in [0.15, 0.2) is 0 Å². The van der Waals surface area contributed by atoms with Crippen LogP contribution in [-0.2, 0) is 14.8 Å². The van der Waals surface area contributed by atoms with E-state index in [2.05, 4.69) is 10.5 Å². The first kappa shape index (κ1) is 29.2. The molecule has 0 fully saturated rings. The fraction of sp³-hybridized carbons (Fsp3) is 0.172. The van der Waals surface area contributed by atoms with Crippen molar-refractivity contribution in [2.24, 2.45) is 5.10 Å². The molecule has 1 heterocycles. The molecule has 4 rings (SSSR count). The average molecular weight is 600 g/mol. The molecule has 11 heteroatoms. The first-order chi connectivity index (χ1) is 19.1. The number of aryl methyl sites for hydroxylation is 1. The average Bonchev–Trinajstić information content (AvgIpc) is 3.22. The van der Waals surface area contributed by atoms with E-state index >= 15 is 0 Å². The van der Waals surface area contributed by atoms with Crippen molar-refractivity contribution in [2.75, 3.05) is 17.5 Å².